The van der Waals surface area contributed by atoms with Crippen molar-refractivity contribution in [3.05, 3.63) is 29.6 Å². The molecule has 0 amide bonds. The van der Waals surface area contributed by atoms with E-state index in [1.54, 1.807) is 0 Å². The minimum absolute atomic E-state index is 0.207. The van der Waals surface area contributed by atoms with Gasteiger partial charge in [-0.15, -0.1) is 0 Å². The first-order valence-corrected chi connectivity index (χ1v) is 7.73. The molecule has 112 valence electrons. The Morgan fingerprint density at radius 1 is 1.45 bits per heavy atom. The largest absolute Gasteiger partial charge is 0.374 e. The first kappa shape index (κ1) is 15.4. The van der Waals surface area contributed by atoms with Gasteiger partial charge >= 0.3 is 0 Å². The van der Waals surface area contributed by atoms with Crippen LogP contribution in [-0.4, -0.2) is 48.8 Å². The summed E-state index contributed by atoms with van der Waals surface area (Å²) in [5.74, 6) is 0. The summed E-state index contributed by atoms with van der Waals surface area (Å²) in [5.41, 5.74) is 2.44. The molecular weight excluding hydrogens is 250 g/mol. The summed E-state index contributed by atoms with van der Waals surface area (Å²) in [6.45, 7) is 11.4. The highest BCUT2D eigenvalue weighted by molar-refractivity contribution is 5.21. The fraction of sp³-hybridized carbons (Fsp3) is 0.688. The Balaban J connectivity index is 2.14. The number of rotatable bonds is 6. The van der Waals surface area contributed by atoms with E-state index in [0.717, 1.165) is 39.2 Å². The second kappa shape index (κ2) is 7.72. The van der Waals surface area contributed by atoms with Gasteiger partial charge in [0.25, 0.3) is 0 Å². The van der Waals surface area contributed by atoms with Crippen LogP contribution in [0.2, 0.25) is 0 Å². The lowest BCUT2D eigenvalue weighted by atomic mass is 10.00. The van der Waals surface area contributed by atoms with Crippen LogP contribution in [0.3, 0.4) is 0 Å². The van der Waals surface area contributed by atoms with E-state index in [1.165, 1.54) is 11.1 Å². The summed E-state index contributed by atoms with van der Waals surface area (Å²) in [7, 11) is 0. The maximum Gasteiger partial charge on any atom is 0.0897 e. The maximum absolute atomic E-state index is 6.03. The molecule has 0 bridgehead atoms. The summed E-state index contributed by atoms with van der Waals surface area (Å²) < 4.78 is 6.03. The van der Waals surface area contributed by atoms with E-state index < -0.39 is 0 Å². The molecule has 1 N–H and O–H groups in total. The third kappa shape index (κ3) is 4.01. The van der Waals surface area contributed by atoms with E-state index in [1.807, 2.05) is 12.4 Å². The van der Waals surface area contributed by atoms with Crippen LogP contribution in [0.4, 0.5) is 0 Å². The molecular formula is C16H27N3O. The molecule has 2 heterocycles. The number of likely N-dealkylation sites (N-methyl/N-ethyl adjacent to an activating group) is 1. The third-order valence-corrected chi connectivity index (χ3v) is 3.87. The Morgan fingerprint density at radius 2 is 2.30 bits per heavy atom. The monoisotopic (exact) mass is 277 g/mol. The minimum Gasteiger partial charge on any atom is -0.374 e. The molecule has 0 aromatic carbocycles. The highest BCUT2D eigenvalue weighted by Gasteiger charge is 2.28. The predicted octanol–water partition coefficient (Wildman–Crippen LogP) is 2.15. The zero-order valence-corrected chi connectivity index (χ0v) is 12.9. The zero-order valence-electron chi connectivity index (χ0n) is 12.9. The van der Waals surface area contributed by atoms with Crippen LogP contribution in [-0.2, 0) is 4.74 Å². The molecule has 4 heteroatoms. The average molecular weight is 277 g/mol. The van der Waals surface area contributed by atoms with Gasteiger partial charge in [-0.2, -0.15) is 0 Å². The Kier molecular flexibility index (Phi) is 5.95. The lowest BCUT2D eigenvalue weighted by molar-refractivity contribution is -0.0456. The van der Waals surface area contributed by atoms with Gasteiger partial charge in [-0.1, -0.05) is 19.9 Å². The van der Waals surface area contributed by atoms with E-state index in [2.05, 4.69) is 42.0 Å². The predicted molar refractivity (Wildman–Crippen MR) is 81.9 cm³/mol. The smallest absolute Gasteiger partial charge is 0.0897 e. The van der Waals surface area contributed by atoms with Gasteiger partial charge in [-0.3, -0.25) is 9.88 Å². The fourth-order valence-electron chi connectivity index (χ4n) is 2.73. The summed E-state index contributed by atoms with van der Waals surface area (Å²) >= 11 is 0. The van der Waals surface area contributed by atoms with Crippen molar-refractivity contribution in [2.45, 2.75) is 39.3 Å². The van der Waals surface area contributed by atoms with Crippen LogP contribution < -0.4 is 5.32 Å². The summed E-state index contributed by atoms with van der Waals surface area (Å²) in [5, 5.41) is 3.64. The lowest BCUT2D eigenvalue weighted by Gasteiger charge is -2.37. The second-order valence-electron chi connectivity index (χ2n) is 5.53. The maximum atomic E-state index is 6.03. The summed E-state index contributed by atoms with van der Waals surface area (Å²) in [6.07, 6.45) is 5.20. The molecule has 4 nitrogen and oxygen atoms in total. The Bertz CT molecular complexity index is 410. The van der Waals surface area contributed by atoms with Gasteiger partial charge in [0.15, 0.2) is 0 Å². The lowest BCUT2D eigenvalue weighted by Crippen LogP contribution is -2.48. The molecule has 2 rings (SSSR count). The van der Waals surface area contributed by atoms with Gasteiger partial charge in [0.05, 0.1) is 18.8 Å². The number of hydrogen-bond acceptors (Lipinski definition) is 4. The fourth-order valence-corrected chi connectivity index (χ4v) is 2.73. The molecule has 1 aromatic heterocycles. The van der Waals surface area contributed by atoms with Crippen LogP contribution >= 0.6 is 0 Å². The average Bonchev–Trinajstić information content (AvgIpc) is 2.48. The van der Waals surface area contributed by atoms with E-state index in [4.69, 9.17) is 4.74 Å². The van der Waals surface area contributed by atoms with E-state index in [9.17, 15) is 0 Å². The van der Waals surface area contributed by atoms with Crippen molar-refractivity contribution >= 4 is 0 Å². The summed E-state index contributed by atoms with van der Waals surface area (Å²) in [4.78, 5) is 6.79. The van der Waals surface area contributed by atoms with Gasteiger partial charge in [0.1, 0.15) is 0 Å². The molecule has 1 saturated heterocycles. The number of aryl methyl sites for hydroxylation is 1. The molecule has 2 atom stereocenters. The Labute approximate surface area is 122 Å². The third-order valence-electron chi connectivity index (χ3n) is 3.87. The van der Waals surface area contributed by atoms with E-state index in [0.29, 0.717) is 0 Å². The number of nitrogens with one attached hydrogen (secondary N) is 1. The Morgan fingerprint density at radius 3 is 3.00 bits per heavy atom. The highest BCUT2D eigenvalue weighted by Crippen LogP contribution is 2.22. The molecule has 1 aliphatic rings. The van der Waals surface area contributed by atoms with Gasteiger partial charge in [0.2, 0.25) is 0 Å². The van der Waals surface area contributed by atoms with Crippen molar-refractivity contribution in [3.8, 4) is 0 Å². The molecule has 0 radical (unpaired) electrons. The topological polar surface area (TPSA) is 37.4 Å². The number of pyridine rings is 1. The second-order valence-corrected chi connectivity index (χ2v) is 5.53. The molecule has 1 aromatic rings. The zero-order chi connectivity index (χ0) is 14.4. The first-order valence-electron chi connectivity index (χ1n) is 7.73. The molecule has 1 fully saturated rings. The molecule has 1 aliphatic heterocycles. The molecule has 2 unspecified atom stereocenters. The minimum atomic E-state index is 0.207. The van der Waals surface area contributed by atoms with Gasteiger partial charge in [-0.25, -0.2) is 0 Å². The molecule has 0 aliphatic carbocycles. The van der Waals surface area contributed by atoms with Crippen molar-refractivity contribution in [2.75, 3.05) is 32.8 Å². The number of morpholine rings is 1. The van der Waals surface area contributed by atoms with Crippen molar-refractivity contribution in [1.82, 2.24) is 15.2 Å². The van der Waals surface area contributed by atoms with Crippen LogP contribution in [0.15, 0.2) is 18.5 Å². The number of nitrogens with zero attached hydrogens (tertiary/aromatic N) is 2. The van der Waals surface area contributed by atoms with E-state index in [-0.39, 0.29) is 12.1 Å². The first-order chi connectivity index (χ1) is 9.74. The Hall–Kier alpha value is -0.970. The van der Waals surface area contributed by atoms with Gasteiger partial charge in [0, 0.05) is 25.5 Å². The standard InChI is InChI=1S/C16H27N3O/c1-4-6-18-16(14-9-13(3)10-17-11-14)15-12-19(5-2)7-8-20-15/h9-11,15-16,18H,4-8,12H2,1-3H3. The number of ether oxygens (including phenoxy) is 1. The van der Waals surface area contributed by atoms with E-state index >= 15 is 0 Å². The quantitative estimate of drug-likeness (QED) is 0.864. The van der Waals surface area contributed by atoms with Gasteiger partial charge in [-0.05, 0) is 37.6 Å². The van der Waals surface area contributed by atoms with Gasteiger partial charge < -0.3 is 10.1 Å². The summed E-state index contributed by atoms with van der Waals surface area (Å²) in [6, 6.07) is 2.45. The molecule has 20 heavy (non-hydrogen) atoms. The molecule has 0 saturated carbocycles. The van der Waals surface area contributed by atoms with Crippen LogP contribution in [0.1, 0.15) is 37.4 Å². The molecule has 0 spiro atoms. The number of hydrogen-bond donors (Lipinski definition) is 1. The van der Waals surface area contributed by atoms with Crippen LogP contribution in [0, 0.1) is 6.92 Å². The van der Waals surface area contributed by atoms with Crippen molar-refractivity contribution in [2.24, 2.45) is 0 Å². The highest BCUT2D eigenvalue weighted by atomic mass is 16.5. The SMILES string of the molecule is CCCNC(c1cncc(C)c1)C1CN(CC)CCO1. The van der Waals surface area contributed by atoms with Crippen molar-refractivity contribution in [1.29, 1.82) is 0 Å². The number of aromatic nitrogens is 1. The van der Waals surface area contributed by atoms with Crippen molar-refractivity contribution < 1.29 is 4.74 Å². The van der Waals surface area contributed by atoms with Crippen molar-refractivity contribution in [3.63, 3.8) is 0 Å². The van der Waals surface area contributed by atoms with Crippen LogP contribution in [0.25, 0.3) is 0 Å². The van der Waals surface area contributed by atoms with Crippen LogP contribution in [0.5, 0.6) is 0 Å². The normalized spacial score (nSPS) is 21.9.